The molecule has 0 unspecified atom stereocenters. The van der Waals surface area contributed by atoms with Crippen molar-refractivity contribution in [1.82, 2.24) is 5.32 Å². The molecule has 0 aliphatic rings. The van der Waals surface area contributed by atoms with Gasteiger partial charge in [0.1, 0.15) is 0 Å². The van der Waals surface area contributed by atoms with Crippen LogP contribution in [0.1, 0.15) is 30.5 Å². The number of carbonyl (C=O) groups is 1. The van der Waals surface area contributed by atoms with Gasteiger partial charge in [0.15, 0.2) is 0 Å². The molecule has 0 saturated carbocycles. The van der Waals surface area contributed by atoms with E-state index in [9.17, 15) is 4.79 Å². The van der Waals surface area contributed by atoms with Crippen LogP contribution in [0.3, 0.4) is 0 Å². The third kappa shape index (κ3) is 4.70. The average Bonchev–Trinajstić information content (AvgIpc) is 2.48. The molecule has 0 atom stereocenters. The molecule has 1 amide bonds. The van der Waals surface area contributed by atoms with Crippen molar-refractivity contribution in [1.29, 1.82) is 0 Å². The summed E-state index contributed by atoms with van der Waals surface area (Å²) in [6, 6.07) is 16.3. The maximum Gasteiger partial charge on any atom is 0.224 e. The van der Waals surface area contributed by atoms with Crippen molar-refractivity contribution in [2.24, 2.45) is 0 Å². The van der Waals surface area contributed by atoms with Gasteiger partial charge in [0.25, 0.3) is 0 Å². The standard InChI is InChI=1S/C19H22BrNO/c1-14-5-4-6-16(11-14)19(2,3)13-21-18(22)12-15-7-9-17(20)10-8-15/h4-11H,12-13H2,1-3H3,(H,21,22). The molecule has 0 radical (unpaired) electrons. The number of amides is 1. The summed E-state index contributed by atoms with van der Waals surface area (Å²) in [5, 5.41) is 3.05. The van der Waals surface area contributed by atoms with E-state index in [1.165, 1.54) is 11.1 Å². The fourth-order valence-corrected chi connectivity index (χ4v) is 2.60. The molecule has 2 aromatic rings. The Labute approximate surface area is 141 Å². The second-order valence-corrected chi connectivity index (χ2v) is 7.25. The largest absolute Gasteiger partial charge is 0.355 e. The Morgan fingerprint density at radius 3 is 2.45 bits per heavy atom. The molecule has 2 rings (SSSR count). The fraction of sp³-hybridized carbons (Fsp3) is 0.316. The molecule has 2 aromatic carbocycles. The molecule has 1 N–H and O–H groups in total. The number of carbonyl (C=O) groups excluding carboxylic acids is 1. The lowest BCUT2D eigenvalue weighted by Crippen LogP contribution is -2.37. The third-order valence-corrected chi connectivity index (χ3v) is 4.33. The van der Waals surface area contributed by atoms with Gasteiger partial charge in [0.2, 0.25) is 5.91 Å². The molecule has 0 spiro atoms. The highest BCUT2D eigenvalue weighted by Crippen LogP contribution is 2.23. The molecule has 0 fully saturated rings. The van der Waals surface area contributed by atoms with Crippen molar-refractivity contribution in [2.45, 2.75) is 32.6 Å². The number of hydrogen-bond donors (Lipinski definition) is 1. The average molecular weight is 360 g/mol. The van der Waals surface area contributed by atoms with Gasteiger partial charge in [0.05, 0.1) is 6.42 Å². The Morgan fingerprint density at radius 1 is 1.14 bits per heavy atom. The minimum absolute atomic E-state index is 0.0584. The van der Waals surface area contributed by atoms with Crippen LogP contribution in [0.15, 0.2) is 53.0 Å². The van der Waals surface area contributed by atoms with Crippen LogP contribution in [-0.2, 0) is 16.6 Å². The van der Waals surface area contributed by atoms with Gasteiger partial charge in [0, 0.05) is 16.4 Å². The Kier molecular flexibility index (Phi) is 5.41. The van der Waals surface area contributed by atoms with E-state index < -0.39 is 0 Å². The predicted octanol–water partition coefficient (Wildman–Crippen LogP) is 4.39. The van der Waals surface area contributed by atoms with Gasteiger partial charge < -0.3 is 5.32 Å². The van der Waals surface area contributed by atoms with E-state index in [1.807, 2.05) is 24.3 Å². The molecule has 22 heavy (non-hydrogen) atoms. The highest BCUT2D eigenvalue weighted by molar-refractivity contribution is 9.10. The van der Waals surface area contributed by atoms with Gasteiger partial charge in [-0.15, -0.1) is 0 Å². The van der Waals surface area contributed by atoms with E-state index >= 15 is 0 Å². The highest BCUT2D eigenvalue weighted by atomic mass is 79.9. The van der Waals surface area contributed by atoms with Gasteiger partial charge in [-0.1, -0.05) is 71.7 Å². The van der Waals surface area contributed by atoms with E-state index in [4.69, 9.17) is 0 Å². The van der Waals surface area contributed by atoms with Crippen molar-refractivity contribution in [3.8, 4) is 0 Å². The summed E-state index contributed by atoms with van der Waals surface area (Å²) in [5.74, 6) is 0.0584. The summed E-state index contributed by atoms with van der Waals surface area (Å²) in [6.45, 7) is 7.03. The monoisotopic (exact) mass is 359 g/mol. The second kappa shape index (κ2) is 7.10. The van der Waals surface area contributed by atoms with Gasteiger partial charge in [-0.05, 0) is 30.2 Å². The minimum atomic E-state index is -0.0819. The number of benzene rings is 2. The summed E-state index contributed by atoms with van der Waals surface area (Å²) < 4.78 is 1.03. The van der Waals surface area contributed by atoms with Crippen molar-refractivity contribution < 1.29 is 4.79 Å². The highest BCUT2D eigenvalue weighted by Gasteiger charge is 2.21. The lowest BCUT2D eigenvalue weighted by Gasteiger charge is -2.26. The van der Waals surface area contributed by atoms with E-state index in [2.05, 4.69) is 66.3 Å². The first-order chi connectivity index (χ1) is 10.4. The van der Waals surface area contributed by atoms with Gasteiger partial charge in [-0.25, -0.2) is 0 Å². The van der Waals surface area contributed by atoms with Crippen LogP contribution < -0.4 is 5.32 Å². The molecular formula is C19H22BrNO. The number of rotatable bonds is 5. The third-order valence-electron chi connectivity index (χ3n) is 3.80. The summed E-state index contributed by atoms with van der Waals surface area (Å²) in [7, 11) is 0. The molecule has 0 heterocycles. The SMILES string of the molecule is Cc1cccc(C(C)(C)CNC(=O)Cc2ccc(Br)cc2)c1. The summed E-state index contributed by atoms with van der Waals surface area (Å²) in [5.41, 5.74) is 3.43. The molecule has 0 aliphatic heterocycles. The van der Waals surface area contributed by atoms with Crippen molar-refractivity contribution in [3.05, 3.63) is 69.7 Å². The van der Waals surface area contributed by atoms with Gasteiger partial charge in [-0.3, -0.25) is 4.79 Å². The number of aryl methyl sites for hydroxylation is 1. The topological polar surface area (TPSA) is 29.1 Å². The van der Waals surface area contributed by atoms with E-state index in [1.54, 1.807) is 0 Å². The first-order valence-electron chi connectivity index (χ1n) is 7.45. The van der Waals surface area contributed by atoms with E-state index in [0.717, 1.165) is 10.0 Å². The maximum atomic E-state index is 12.1. The number of nitrogens with one attached hydrogen (secondary N) is 1. The van der Waals surface area contributed by atoms with Gasteiger partial charge in [-0.2, -0.15) is 0 Å². The van der Waals surface area contributed by atoms with Crippen molar-refractivity contribution in [3.63, 3.8) is 0 Å². The Bertz CT molecular complexity index is 647. The maximum absolute atomic E-state index is 12.1. The zero-order chi connectivity index (χ0) is 16.2. The lowest BCUT2D eigenvalue weighted by atomic mass is 9.84. The van der Waals surface area contributed by atoms with Crippen LogP contribution in [0.25, 0.3) is 0 Å². The van der Waals surface area contributed by atoms with Crippen molar-refractivity contribution >= 4 is 21.8 Å². The van der Waals surface area contributed by atoms with Crippen LogP contribution in [0, 0.1) is 6.92 Å². The Balaban J connectivity index is 1.93. The first kappa shape index (κ1) is 16.8. The van der Waals surface area contributed by atoms with Crippen molar-refractivity contribution in [2.75, 3.05) is 6.54 Å². The molecule has 0 bridgehead atoms. The van der Waals surface area contributed by atoms with Gasteiger partial charge >= 0.3 is 0 Å². The number of halogens is 1. The van der Waals surface area contributed by atoms with Crippen LogP contribution in [-0.4, -0.2) is 12.5 Å². The minimum Gasteiger partial charge on any atom is -0.355 e. The summed E-state index contributed by atoms with van der Waals surface area (Å²) in [6.07, 6.45) is 0.414. The van der Waals surface area contributed by atoms with E-state index in [0.29, 0.717) is 13.0 Å². The Hall–Kier alpha value is -1.61. The molecule has 116 valence electrons. The van der Waals surface area contributed by atoms with E-state index in [-0.39, 0.29) is 11.3 Å². The summed E-state index contributed by atoms with van der Waals surface area (Å²) >= 11 is 3.40. The predicted molar refractivity (Wildman–Crippen MR) is 95.1 cm³/mol. The molecule has 0 aromatic heterocycles. The summed E-state index contributed by atoms with van der Waals surface area (Å²) in [4.78, 5) is 12.1. The number of hydrogen-bond acceptors (Lipinski definition) is 1. The van der Waals surface area contributed by atoms with Crippen LogP contribution in [0.4, 0.5) is 0 Å². The zero-order valence-corrected chi connectivity index (χ0v) is 14.9. The lowest BCUT2D eigenvalue weighted by molar-refractivity contribution is -0.120. The smallest absolute Gasteiger partial charge is 0.224 e. The first-order valence-corrected chi connectivity index (χ1v) is 8.24. The molecule has 2 nitrogen and oxygen atoms in total. The molecule has 0 saturated heterocycles. The molecular weight excluding hydrogens is 338 g/mol. The molecule has 0 aliphatic carbocycles. The normalized spacial score (nSPS) is 11.3. The second-order valence-electron chi connectivity index (χ2n) is 6.33. The fourth-order valence-electron chi connectivity index (χ4n) is 2.34. The van der Waals surface area contributed by atoms with Crippen LogP contribution >= 0.6 is 15.9 Å². The zero-order valence-electron chi connectivity index (χ0n) is 13.3. The quantitative estimate of drug-likeness (QED) is 0.842. The Morgan fingerprint density at radius 2 is 1.82 bits per heavy atom. The molecule has 3 heteroatoms. The van der Waals surface area contributed by atoms with Crippen LogP contribution in [0.2, 0.25) is 0 Å². The van der Waals surface area contributed by atoms with Crippen LogP contribution in [0.5, 0.6) is 0 Å².